The first-order valence-corrected chi connectivity index (χ1v) is 9.55. The van der Waals surface area contributed by atoms with Crippen molar-refractivity contribution < 1.29 is 23.8 Å². The van der Waals surface area contributed by atoms with Gasteiger partial charge in [0, 0.05) is 49.4 Å². The molecule has 0 saturated heterocycles. The van der Waals surface area contributed by atoms with Crippen LogP contribution in [-0.2, 0) is 6.54 Å². The molecule has 1 aliphatic heterocycles. The molecule has 1 aliphatic rings. The van der Waals surface area contributed by atoms with E-state index in [0.29, 0.717) is 17.1 Å². The highest BCUT2D eigenvalue weighted by Crippen LogP contribution is 2.36. The lowest BCUT2D eigenvalue weighted by atomic mass is 10.1. The summed E-state index contributed by atoms with van der Waals surface area (Å²) in [4.78, 5) is 25.9. The molecule has 0 aliphatic carbocycles. The Balaban J connectivity index is 1.69. The van der Waals surface area contributed by atoms with E-state index < -0.39 is 6.09 Å². The Hall–Kier alpha value is -3.74. The fourth-order valence-electron chi connectivity index (χ4n) is 3.37. The Morgan fingerprint density at radius 2 is 1.93 bits per heavy atom. The molecule has 0 fully saturated rings. The molecule has 0 unspecified atom stereocenters. The Morgan fingerprint density at radius 1 is 1.17 bits per heavy atom. The molecule has 1 amide bonds. The van der Waals surface area contributed by atoms with Crippen molar-refractivity contribution in [3.05, 3.63) is 59.5 Å². The number of benzene rings is 2. The van der Waals surface area contributed by atoms with E-state index in [1.807, 2.05) is 24.4 Å². The second kappa shape index (κ2) is 7.59. The van der Waals surface area contributed by atoms with Crippen molar-refractivity contribution in [2.24, 2.45) is 0 Å². The normalized spacial score (nSPS) is 14.0. The summed E-state index contributed by atoms with van der Waals surface area (Å²) in [7, 11) is 4.81. The SMILES string of the molecule is CCn1cc(C=C2Oc3cc(OC(=O)N(C)C)ccc3C2=O)c2cc(OC)ccc21. The molecular formula is C23H22N2O5. The van der Waals surface area contributed by atoms with Crippen molar-refractivity contribution in [3.8, 4) is 17.2 Å². The summed E-state index contributed by atoms with van der Waals surface area (Å²) in [6.45, 7) is 2.85. The fraction of sp³-hybridized carbons (Fsp3) is 0.217. The van der Waals surface area contributed by atoms with Gasteiger partial charge in [-0.05, 0) is 43.3 Å². The van der Waals surface area contributed by atoms with Gasteiger partial charge in [-0.3, -0.25) is 4.79 Å². The number of rotatable bonds is 4. The maximum atomic E-state index is 12.8. The van der Waals surface area contributed by atoms with Crippen LogP contribution in [0.1, 0.15) is 22.8 Å². The lowest BCUT2D eigenvalue weighted by Crippen LogP contribution is -2.25. The van der Waals surface area contributed by atoms with Gasteiger partial charge in [0.1, 0.15) is 17.2 Å². The third-order valence-corrected chi connectivity index (χ3v) is 4.96. The minimum absolute atomic E-state index is 0.212. The number of methoxy groups -OCH3 is 1. The van der Waals surface area contributed by atoms with Crippen LogP contribution in [0.4, 0.5) is 4.79 Å². The van der Waals surface area contributed by atoms with E-state index in [0.717, 1.165) is 28.8 Å². The van der Waals surface area contributed by atoms with Gasteiger partial charge < -0.3 is 23.7 Å². The summed E-state index contributed by atoms with van der Waals surface area (Å²) in [5.74, 6) is 1.43. The number of hydrogen-bond acceptors (Lipinski definition) is 5. The number of carbonyl (C=O) groups excluding carboxylic acids is 2. The van der Waals surface area contributed by atoms with Crippen LogP contribution in [0, 0.1) is 0 Å². The molecule has 1 aromatic heterocycles. The number of hydrogen-bond donors (Lipinski definition) is 0. The molecule has 3 aromatic rings. The van der Waals surface area contributed by atoms with Gasteiger partial charge in [-0.15, -0.1) is 0 Å². The summed E-state index contributed by atoms with van der Waals surface area (Å²) in [5.41, 5.74) is 2.34. The summed E-state index contributed by atoms with van der Waals surface area (Å²) in [6.07, 6.45) is 3.22. The first-order valence-electron chi connectivity index (χ1n) is 9.55. The highest BCUT2D eigenvalue weighted by molar-refractivity contribution is 6.15. The van der Waals surface area contributed by atoms with E-state index in [1.54, 1.807) is 45.5 Å². The van der Waals surface area contributed by atoms with E-state index in [2.05, 4.69) is 11.5 Å². The van der Waals surface area contributed by atoms with Crippen LogP contribution in [0.25, 0.3) is 17.0 Å². The van der Waals surface area contributed by atoms with E-state index in [1.165, 1.54) is 4.90 Å². The van der Waals surface area contributed by atoms with Crippen LogP contribution in [0.3, 0.4) is 0 Å². The van der Waals surface area contributed by atoms with Gasteiger partial charge in [0.15, 0.2) is 5.76 Å². The molecule has 0 radical (unpaired) electrons. The first kappa shape index (κ1) is 19.6. The summed E-state index contributed by atoms with van der Waals surface area (Å²) in [6, 6.07) is 10.6. The van der Waals surface area contributed by atoms with Crippen LogP contribution in [0.15, 0.2) is 48.4 Å². The quantitative estimate of drug-likeness (QED) is 0.603. The molecule has 2 aromatic carbocycles. The van der Waals surface area contributed by atoms with Crippen LogP contribution >= 0.6 is 0 Å². The maximum Gasteiger partial charge on any atom is 0.414 e. The van der Waals surface area contributed by atoms with Gasteiger partial charge in [-0.1, -0.05) is 0 Å². The minimum atomic E-state index is -0.503. The third kappa shape index (κ3) is 3.39. The van der Waals surface area contributed by atoms with Gasteiger partial charge in [-0.2, -0.15) is 0 Å². The molecule has 0 atom stereocenters. The highest BCUT2D eigenvalue weighted by atomic mass is 16.6. The molecule has 2 heterocycles. The summed E-state index contributed by atoms with van der Waals surface area (Å²) >= 11 is 0. The number of ketones is 1. The molecule has 0 saturated carbocycles. The van der Waals surface area contributed by atoms with Crippen LogP contribution in [0.2, 0.25) is 0 Å². The topological polar surface area (TPSA) is 70.0 Å². The van der Waals surface area contributed by atoms with Gasteiger partial charge >= 0.3 is 6.09 Å². The molecule has 0 N–H and O–H groups in total. The average molecular weight is 406 g/mol. The van der Waals surface area contributed by atoms with Crippen molar-refractivity contribution in [2.45, 2.75) is 13.5 Å². The number of aromatic nitrogens is 1. The smallest absolute Gasteiger partial charge is 0.414 e. The van der Waals surface area contributed by atoms with Crippen LogP contribution in [0.5, 0.6) is 17.2 Å². The molecule has 4 rings (SSSR count). The number of amides is 1. The van der Waals surface area contributed by atoms with Crippen molar-refractivity contribution in [3.63, 3.8) is 0 Å². The Labute approximate surface area is 174 Å². The summed E-state index contributed by atoms with van der Waals surface area (Å²) in [5, 5.41) is 0.969. The Morgan fingerprint density at radius 3 is 2.63 bits per heavy atom. The molecule has 7 nitrogen and oxygen atoms in total. The van der Waals surface area contributed by atoms with E-state index in [9.17, 15) is 9.59 Å². The van der Waals surface area contributed by atoms with E-state index in [-0.39, 0.29) is 11.5 Å². The molecular weight excluding hydrogens is 384 g/mol. The van der Waals surface area contributed by atoms with Crippen LogP contribution < -0.4 is 14.2 Å². The number of nitrogens with zero attached hydrogens (tertiary/aromatic N) is 2. The molecule has 154 valence electrons. The highest BCUT2D eigenvalue weighted by Gasteiger charge is 2.28. The number of ether oxygens (including phenoxy) is 3. The second-order valence-electron chi connectivity index (χ2n) is 7.11. The molecule has 0 bridgehead atoms. The van der Waals surface area contributed by atoms with Crippen LogP contribution in [-0.4, -0.2) is 42.5 Å². The van der Waals surface area contributed by atoms with Gasteiger partial charge in [0.2, 0.25) is 5.78 Å². The van der Waals surface area contributed by atoms with Gasteiger partial charge in [0.05, 0.1) is 12.7 Å². The number of aryl methyl sites for hydroxylation is 1. The third-order valence-electron chi connectivity index (χ3n) is 4.96. The zero-order valence-corrected chi connectivity index (χ0v) is 17.3. The van der Waals surface area contributed by atoms with Crippen molar-refractivity contribution in [1.82, 2.24) is 9.47 Å². The minimum Gasteiger partial charge on any atom is -0.497 e. The van der Waals surface area contributed by atoms with Gasteiger partial charge in [0.25, 0.3) is 0 Å². The van der Waals surface area contributed by atoms with Crippen molar-refractivity contribution in [1.29, 1.82) is 0 Å². The molecule has 0 spiro atoms. The monoisotopic (exact) mass is 406 g/mol. The first-order chi connectivity index (χ1) is 14.4. The predicted octanol–water partition coefficient (Wildman–Crippen LogP) is 4.35. The fourth-order valence-corrected chi connectivity index (χ4v) is 3.37. The zero-order chi connectivity index (χ0) is 21.4. The van der Waals surface area contributed by atoms with Crippen molar-refractivity contribution in [2.75, 3.05) is 21.2 Å². The number of allylic oxidation sites excluding steroid dienone is 1. The zero-order valence-electron chi connectivity index (χ0n) is 17.3. The lowest BCUT2D eigenvalue weighted by Gasteiger charge is -2.10. The van der Waals surface area contributed by atoms with E-state index >= 15 is 0 Å². The Kier molecular flexibility index (Phi) is 4.95. The standard InChI is InChI=1S/C23H22N2O5/c1-5-25-13-14(18-11-15(28-4)7-9-19(18)25)10-21-22(26)17-8-6-16(12-20(17)30-21)29-23(27)24(2)3/h6-13H,5H2,1-4H3. The second-order valence-corrected chi connectivity index (χ2v) is 7.11. The Bertz CT molecular complexity index is 1190. The predicted molar refractivity (Wildman–Crippen MR) is 113 cm³/mol. The number of carbonyl (C=O) groups is 2. The number of Topliss-reactive ketones (excluding diaryl/α,β-unsaturated/α-hetero) is 1. The summed E-state index contributed by atoms with van der Waals surface area (Å²) < 4.78 is 18.5. The number of fused-ring (bicyclic) bond motifs is 2. The maximum absolute atomic E-state index is 12.8. The largest absolute Gasteiger partial charge is 0.497 e. The molecule has 30 heavy (non-hydrogen) atoms. The average Bonchev–Trinajstić information content (AvgIpc) is 3.24. The van der Waals surface area contributed by atoms with Crippen molar-refractivity contribution >= 4 is 28.9 Å². The molecule has 7 heteroatoms. The lowest BCUT2D eigenvalue weighted by molar-refractivity contribution is 0.101. The van der Waals surface area contributed by atoms with E-state index in [4.69, 9.17) is 14.2 Å². The van der Waals surface area contributed by atoms with Gasteiger partial charge in [-0.25, -0.2) is 4.79 Å².